The first-order chi connectivity index (χ1) is 19.3. The number of rotatable bonds is 9. The quantitative estimate of drug-likeness (QED) is 0.323. The number of nitrogens with zero attached hydrogens (tertiary/aromatic N) is 4. The van der Waals surface area contributed by atoms with E-state index in [4.69, 9.17) is 4.52 Å². The number of fused-ring (bicyclic) bond motifs is 1. The zero-order valence-electron chi connectivity index (χ0n) is 22.5. The van der Waals surface area contributed by atoms with Gasteiger partial charge in [0.2, 0.25) is 11.8 Å². The maximum atomic E-state index is 13.9. The first kappa shape index (κ1) is 28.9. The van der Waals surface area contributed by atoms with E-state index in [2.05, 4.69) is 25.9 Å². The summed E-state index contributed by atoms with van der Waals surface area (Å²) in [6.45, 7) is 2.59. The summed E-state index contributed by atoms with van der Waals surface area (Å²) in [5, 5.41) is 13.8. The van der Waals surface area contributed by atoms with Gasteiger partial charge in [0.25, 0.3) is 5.91 Å². The van der Waals surface area contributed by atoms with Gasteiger partial charge in [-0.3, -0.25) is 9.59 Å². The van der Waals surface area contributed by atoms with Crippen molar-refractivity contribution in [2.75, 3.05) is 0 Å². The van der Waals surface area contributed by atoms with Gasteiger partial charge in [0, 0.05) is 19.3 Å². The van der Waals surface area contributed by atoms with Crippen molar-refractivity contribution in [3.8, 4) is 0 Å². The Morgan fingerprint density at radius 1 is 1.12 bits per heavy atom. The highest BCUT2D eigenvalue weighted by Gasteiger charge is 2.41. The number of halogens is 5. The summed E-state index contributed by atoms with van der Waals surface area (Å²) in [5.41, 5.74) is 2.03. The summed E-state index contributed by atoms with van der Waals surface area (Å²) in [5.74, 6) is -5.94. The van der Waals surface area contributed by atoms with Gasteiger partial charge in [0.05, 0.1) is 41.8 Å². The fourth-order valence-corrected chi connectivity index (χ4v) is 5.32. The molecular formula is C27H31F5N6O3. The fourth-order valence-electron chi connectivity index (χ4n) is 5.32. The minimum absolute atomic E-state index is 0.0709. The number of carbonyl (C=O) groups excluding carboxylic acids is 2. The van der Waals surface area contributed by atoms with E-state index in [1.54, 1.807) is 19.2 Å². The predicted octanol–water partition coefficient (Wildman–Crippen LogP) is 5.48. The Kier molecular flexibility index (Phi) is 7.77. The van der Waals surface area contributed by atoms with Gasteiger partial charge in [-0.25, -0.2) is 18.3 Å². The Hall–Kier alpha value is -3.58. The maximum Gasteiger partial charge on any atom is 0.392 e. The molecule has 0 unspecified atom stereocenters. The zero-order valence-corrected chi connectivity index (χ0v) is 22.5. The molecule has 3 aromatic heterocycles. The van der Waals surface area contributed by atoms with E-state index in [1.807, 2.05) is 0 Å². The smallest absolute Gasteiger partial charge is 0.364 e. The fraction of sp³-hybridized carbons (Fsp3) is 0.593. The minimum Gasteiger partial charge on any atom is -0.364 e. The molecule has 0 radical (unpaired) electrons. The van der Waals surface area contributed by atoms with Gasteiger partial charge < -0.3 is 15.2 Å². The molecule has 3 heterocycles. The summed E-state index contributed by atoms with van der Waals surface area (Å²) in [6, 6.07) is 0.486. The average Bonchev–Trinajstić information content (AvgIpc) is 3.50. The van der Waals surface area contributed by atoms with E-state index in [9.17, 15) is 31.5 Å². The molecule has 2 saturated carbocycles. The van der Waals surface area contributed by atoms with Crippen LogP contribution in [0.3, 0.4) is 0 Å². The van der Waals surface area contributed by atoms with Crippen LogP contribution in [0.4, 0.5) is 22.0 Å². The maximum absolute atomic E-state index is 13.9. The van der Waals surface area contributed by atoms with Gasteiger partial charge in [-0.15, -0.1) is 0 Å². The van der Waals surface area contributed by atoms with E-state index >= 15 is 0 Å². The molecule has 0 bridgehead atoms. The third-order valence-electron chi connectivity index (χ3n) is 8.01. The molecule has 5 rings (SSSR count). The van der Waals surface area contributed by atoms with Crippen molar-refractivity contribution < 1.29 is 36.1 Å². The van der Waals surface area contributed by atoms with Crippen molar-refractivity contribution in [1.82, 2.24) is 30.4 Å². The molecule has 2 aliphatic rings. The normalized spacial score (nSPS) is 20.0. The number of hydrogen-bond donors (Lipinski definition) is 2. The van der Waals surface area contributed by atoms with Crippen LogP contribution in [0.2, 0.25) is 0 Å². The largest absolute Gasteiger partial charge is 0.392 e. The molecule has 0 saturated heterocycles. The van der Waals surface area contributed by atoms with Crippen molar-refractivity contribution >= 4 is 17.5 Å². The van der Waals surface area contributed by atoms with Crippen molar-refractivity contribution in [1.29, 1.82) is 0 Å². The highest BCUT2D eigenvalue weighted by molar-refractivity contribution is 5.95. The van der Waals surface area contributed by atoms with Crippen LogP contribution in [0.25, 0.3) is 5.65 Å². The number of aryl methyl sites for hydroxylation is 1. The van der Waals surface area contributed by atoms with Gasteiger partial charge in [-0.1, -0.05) is 12.1 Å². The molecule has 222 valence electrons. The van der Waals surface area contributed by atoms with Crippen LogP contribution in [0.1, 0.15) is 91.3 Å². The van der Waals surface area contributed by atoms with Crippen LogP contribution in [0.5, 0.6) is 0 Å². The summed E-state index contributed by atoms with van der Waals surface area (Å²) in [6.07, 6.45) is 0.603. The molecule has 3 aromatic rings. The summed E-state index contributed by atoms with van der Waals surface area (Å²) in [4.78, 5) is 30.2. The average molecular weight is 583 g/mol. The molecule has 14 heteroatoms. The molecule has 0 spiro atoms. The van der Waals surface area contributed by atoms with Gasteiger partial charge in [-0.05, 0) is 56.1 Å². The second-order valence-corrected chi connectivity index (χ2v) is 11.2. The lowest BCUT2D eigenvalue weighted by molar-refractivity contribution is -0.174. The van der Waals surface area contributed by atoms with Crippen LogP contribution in [0.15, 0.2) is 29.2 Å². The first-order valence-corrected chi connectivity index (χ1v) is 13.6. The van der Waals surface area contributed by atoms with E-state index in [-0.39, 0.29) is 43.1 Å². The number of imidazole rings is 1. The summed E-state index contributed by atoms with van der Waals surface area (Å²) in [7, 11) is 0. The first-order valence-electron chi connectivity index (χ1n) is 13.6. The van der Waals surface area contributed by atoms with E-state index < -0.39 is 48.3 Å². The Morgan fingerprint density at radius 3 is 2.41 bits per heavy atom. The van der Waals surface area contributed by atoms with Gasteiger partial charge in [0.1, 0.15) is 11.8 Å². The molecule has 0 aliphatic heterocycles. The Labute approximate surface area is 232 Å². The predicted molar refractivity (Wildman–Crippen MR) is 135 cm³/mol. The third kappa shape index (κ3) is 6.67. The van der Waals surface area contributed by atoms with E-state index in [0.717, 1.165) is 19.8 Å². The highest BCUT2D eigenvalue weighted by Crippen LogP contribution is 2.43. The van der Waals surface area contributed by atoms with Crippen LogP contribution >= 0.6 is 0 Å². The van der Waals surface area contributed by atoms with Gasteiger partial charge in [-0.2, -0.15) is 18.3 Å². The number of hydrogen-bond acceptors (Lipinski definition) is 6. The lowest BCUT2D eigenvalue weighted by Gasteiger charge is -2.33. The van der Waals surface area contributed by atoms with Crippen molar-refractivity contribution in [3.05, 3.63) is 47.2 Å². The zero-order chi connectivity index (χ0) is 29.5. The molecule has 41 heavy (non-hydrogen) atoms. The molecule has 2 aliphatic carbocycles. The minimum atomic E-state index is -4.47. The van der Waals surface area contributed by atoms with Crippen molar-refractivity contribution in [3.63, 3.8) is 0 Å². The molecular weight excluding hydrogens is 551 g/mol. The van der Waals surface area contributed by atoms with E-state index in [0.29, 0.717) is 22.6 Å². The lowest BCUT2D eigenvalue weighted by atomic mass is 9.81. The molecule has 2 N–H and O–H groups in total. The number of nitrogens with one attached hydrogen (secondary N) is 2. The molecule has 2 amide bonds. The van der Waals surface area contributed by atoms with Gasteiger partial charge >= 0.3 is 6.18 Å². The van der Waals surface area contributed by atoms with E-state index in [1.165, 1.54) is 17.0 Å². The number of alkyl halides is 5. The lowest BCUT2D eigenvalue weighted by Crippen LogP contribution is -2.37. The molecule has 0 aromatic carbocycles. The number of aromatic nitrogens is 4. The monoisotopic (exact) mass is 582 g/mol. The molecule has 3 atom stereocenters. The number of carbonyl (C=O) groups is 2. The van der Waals surface area contributed by atoms with Crippen LogP contribution in [-0.4, -0.2) is 43.7 Å². The number of amides is 2. The third-order valence-corrected chi connectivity index (χ3v) is 8.01. The summed E-state index contributed by atoms with van der Waals surface area (Å²) >= 11 is 0. The van der Waals surface area contributed by atoms with Gasteiger partial charge in [0.15, 0.2) is 5.65 Å². The van der Waals surface area contributed by atoms with Crippen molar-refractivity contribution in [2.45, 2.75) is 83.0 Å². The Bertz CT molecular complexity index is 1410. The Morgan fingerprint density at radius 2 is 1.80 bits per heavy atom. The van der Waals surface area contributed by atoms with Crippen LogP contribution in [-0.2, 0) is 4.79 Å². The highest BCUT2D eigenvalue weighted by atomic mass is 19.4. The van der Waals surface area contributed by atoms with Crippen LogP contribution in [0, 0.1) is 24.7 Å². The Balaban J connectivity index is 1.39. The second-order valence-electron chi connectivity index (χ2n) is 11.2. The van der Waals surface area contributed by atoms with Crippen LogP contribution < -0.4 is 10.6 Å². The standard InChI is InChI=1S/C27H31F5N6O3/c1-14(27(30,31)32)9-22(39)35-23(16-3-4-16)18-10-21-34-20(12-38(21)33-11-18)24(17-5-7-26(28,29)8-6-17)36-25(40)19-13-41-37-15(19)2/h10-14,16-17,23-24H,3-9H2,1-2H3,(H,35,39)(H,36,40)/t14-,23+,24-/m0/s1. The molecule has 2 fully saturated rings. The second kappa shape index (κ2) is 11.0. The molecule has 9 nitrogen and oxygen atoms in total. The SMILES string of the molecule is Cc1nocc1C(=O)N[C@H](c1cn2ncc([C@H](NC(=O)C[C@H](C)C(F)(F)F)C3CC3)cc2n1)C1CCC(F)(F)CC1. The van der Waals surface area contributed by atoms with Crippen molar-refractivity contribution in [2.24, 2.45) is 17.8 Å². The summed E-state index contributed by atoms with van der Waals surface area (Å²) < 4.78 is 73.1. The topological polar surface area (TPSA) is 114 Å².